The molecule has 4 aromatic rings. The van der Waals surface area contributed by atoms with E-state index in [0.717, 1.165) is 60.6 Å². The predicted molar refractivity (Wildman–Crippen MR) is 132 cm³/mol. The van der Waals surface area contributed by atoms with Gasteiger partial charge in [0.15, 0.2) is 5.82 Å². The third-order valence-corrected chi connectivity index (χ3v) is 6.29. The van der Waals surface area contributed by atoms with E-state index in [1.165, 1.54) is 4.90 Å². The van der Waals surface area contributed by atoms with Crippen molar-refractivity contribution >= 4 is 28.7 Å². The zero-order valence-electron chi connectivity index (χ0n) is 19.8. The normalized spacial score (nSPS) is 14.4. The molecular formula is C25H28N6O4. The molecule has 1 aliphatic heterocycles. The zero-order chi connectivity index (χ0) is 24.4. The van der Waals surface area contributed by atoms with Crippen LogP contribution in [-0.2, 0) is 6.42 Å². The number of anilines is 2. The highest BCUT2D eigenvalue weighted by Crippen LogP contribution is 2.27. The van der Waals surface area contributed by atoms with E-state index in [9.17, 15) is 9.90 Å². The van der Waals surface area contributed by atoms with Gasteiger partial charge in [0.2, 0.25) is 0 Å². The summed E-state index contributed by atoms with van der Waals surface area (Å²) in [6.45, 7) is 5.81. The molecule has 1 fully saturated rings. The molecule has 10 heteroatoms. The maximum Gasteiger partial charge on any atom is 0.411 e. The highest BCUT2D eigenvalue weighted by atomic mass is 16.5. The number of aromatic nitrogens is 4. The Balaban J connectivity index is 1.23. The molecule has 0 bridgehead atoms. The minimum absolute atomic E-state index is 0.106. The van der Waals surface area contributed by atoms with Crippen molar-refractivity contribution in [2.24, 2.45) is 0 Å². The fraction of sp³-hybridized carbons (Fsp3) is 0.360. The number of amides is 1. The molecule has 5 rings (SSSR count). The van der Waals surface area contributed by atoms with Crippen LogP contribution in [-0.4, -0.2) is 56.6 Å². The van der Waals surface area contributed by atoms with E-state index in [1.54, 1.807) is 6.20 Å². The maximum absolute atomic E-state index is 11.4. The molecule has 1 saturated heterocycles. The van der Waals surface area contributed by atoms with Gasteiger partial charge < -0.3 is 23.8 Å². The van der Waals surface area contributed by atoms with Crippen LogP contribution in [0.3, 0.4) is 0 Å². The summed E-state index contributed by atoms with van der Waals surface area (Å²) in [7, 11) is 0. The first-order valence-electron chi connectivity index (χ1n) is 11.9. The van der Waals surface area contributed by atoms with Crippen LogP contribution in [0.2, 0.25) is 0 Å². The topological polar surface area (TPSA) is 110 Å². The number of pyridine rings is 1. The highest BCUT2D eigenvalue weighted by Gasteiger charge is 2.24. The second kappa shape index (κ2) is 9.65. The quantitative estimate of drug-likeness (QED) is 0.415. The fourth-order valence-electron chi connectivity index (χ4n) is 4.38. The molecule has 0 atom stereocenters. The lowest BCUT2D eigenvalue weighted by molar-refractivity contribution is 0.168. The molecule has 1 amide bonds. The lowest BCUT2D eigenvalue weighted by atomic mass is 10.1. The molecule has 0 aliphatic carbocycles. The summed E-state index contributed by atoms with van der Waals surface area (Å²) in [6, 6.07) is 12.0. The van der Waals surface area contributed by atoms with Crippen molar-refractivity contribution in [1.82, 2.24) is 19.7 Å². The number of ether oxygens (including phenoxy) is 1. The first kappa shape index (κ1) is 22.7. The van der Waals surface area contributed by atoms with Crippen molar-refractivity contribution in [2.45, 2.75) is 39.2 Å². The van der Waals surface area contributed by atoms with Crippen LogP contribution in [0.4, 0.5) is 16.5 Å². The number of carbonyl (C=O) groups is 1. The number of nitrogens with zero attached hydrogens (tertiary/aromatic N) is 6. The number of benzene rings is 1. The fourth-order valence-corrected chi connectivity index (χ4v) is 4.38. The summed E-state index contributed by atoms with van der Waals surface area (Å²) in [5.74, 6) is 2.23. The molecular weight excluding hydrogens is 448 g/mol. The Bertz CT molecular complexity index is 1310. The average molecular weight is 477 g/mol. The Morgan fingerprint density at radius 3 is 2.69 bits per heavy atom. The number of rotatable bonds is 7. The highest BCUT2D eigenvalue weighted by molar-refractivity contribution is 5.91. The lowest BCUT2D eigenvalue weighted by Gasteiger charge is -2.30. The Hall–Kier alpha value is -4.08. The van der Waals surface area contributed by atoms with Gasteiger partial charge in [-0.15, -0.1) is 0 Å². The molecule has 1 N–H and O–H groups in total. The van der Waals surface area contributed by atoms with Crippen molar-refractivity contribution in [3.05, 3.63) is 54.6 Å². The van der Waals surface area contributed by atoms with Crippen LogP contribution in [0.5, 0.6) is 5.75 Å². The van der Waals surface area contributed by atoms with Crippen molar-refractivity contribution in [3.8, 4) is 11.6 Å². The molecule has 0 saturated carbocycles. The van der Waals surface area contributed by atoms with E-state index in [1.807, 2.05) is 61.0 Å². The SMILES string of the molecule is CCc1noc(N2CCC(Oc3ccc(-n4ccc5cc(N(CC)C(=O)O)ccc54)nc3)CC2)n1. The summed E-state index contributed by atoms with van der Waals surface area (Å²) in [6.07, 6.45) is 5.31. The molecule has 0 radical (unpaired) electrons. The summed E-state index contributed by atoms with van der Waals surface area (Å²) in [5.41, 5.74) is 1.61. The van der Waals surface area contributed by atoms with Gasteiger partial charge in [0.05, 0.1) is 11.7 Å². The molecule has 4 heterocycles. The second-order valence-corrected chi connectivity index (χ2v) is 8.46. The molecule has 3 aromatic heterocycles. The van der Waals surface area contributed by atoms with Gasteiger partial charge in [-0.1, -0.05) is 12.1 Å². The summed E-state index contributed by atoms with van der Waals surface area (Å²) < 4.78 is 13.5. The smallest absolute Gasteiger partial charge is 0.411 e. The van der Waals surface area contributed by atoms with Crippen LogP contribution in [0.15, 0.2) is 53.3 Å². The minimum atomic E-state index is -0.963. The number of aryl methyl sites for hydroxylation is 1. The average Bonchev–Trinajstić information content (AvgIpc) is 3.52. The Morgan fingerprint density at radius 1 is 1.20 bits per heavy atom. The van der Waals surface area contributed by atoms with E-state index in [0.29, 0.717) is 18.2 Å². The summed E-state index contributed by atoms with van der Waals surface area (Å²) in [5, 5.41) is 14.3. The first-order valence-corrected chi connectivity index (χ1v) is 11.9. The molecule has 0 unspecified atom stereocenters. The molecule has 182 valence electrons. The number of piperidine rings is 1. The van der Waals surface area contributed by atoms with E-state index in [4.69, 9.17) is 9.26 Å². The molecule has 1 aliphatic rings. The third kappa shape index (κ3) is 4.64. The second-order valence-electron chi connectivity index (χ2n) is 8.46. The molecule has 35 heavy (non-hydrogen) atoms. The van der Waals surface area contributed by atoms with Crippen molar-refractivity contribution in [1.29, 1.82) is 0 Å². The van der Waals surface area contributed by atoms with Crippen LogP contribution in [0, 0.1) is 0 Å². The van der Waals surface area contributed by atoms with Gasteiger partial charge in [0, 0.05) is 56.2 Å². The van der Waals surface area contributed by atoms with Crippen LogP contribution < -0.4 is 14.5 Å². The lowest BCUT2D eigenvalue weighted by Crippen LogP contribution is -2.38. The Labute approximate surface area is 202 Å². The number of fused-ring (bicyclic) bond motifs is 1. The van der Waals surface area contributed by atoms with E-state index < -0.39 is 6.09 Å². The minimum Gasteiger partial charge on any atom is -0.489 e. The van der Waals surface area contributed by atoms with E-state index in [-0.39, 0.29) is 6.10 Å². The van der Waals surface area contributed by atoms with E-state index >= 15 is 0 Å². The monoisotopic (exact) mass is 476 g/mol. The number of hydrogen-bond acceptors (Lipinski definition) is 7. The van der Waals surface area contributed by atoms with Crippen molar-refractivity contribution < 1.29 is 19.2 Å². The van der Waals surface area contributed by atoms with Gasteiger partial charge in [0.1, 0.15) is 17.7 Å². The van der Waals surface area contributed by atoms with Gasteiger partial charge in [-0.2, -0.15) is 4.98 Å². The van der Waals surface area contributed by atoms with Crippen molar-refractivity contribution in [2.75, 3.05) is 29.4 Å². The summed E-state index contributed by atoms with van der Waals surface area (Å²) >= 11 is 0. The number of carboxylic acid groups (broad SMARTS) is 1. The molecule has 1 aromatic carbocycles. The van der Waals surface area contributed by atoms with Crippen LogP contribution in [0.1, 0.15) is 32.5 Å². The van der Waals surface area contributed by atoms with Crippen LogP contribution in [0.25, 0.3) is 16.7 Å². The van der Waals surface area contributed by atoms with E-state index in [2.05, 4.69) is 20.0 Å². The van der Waals surface area contributed by atoms with Gasteiger partial charge in [-0.25, -0.2) is 9.78 Å². The largest absolute Gasteiger partial charge is 0.489 e. The summed E-state index contributed by atoms with van der Waals surface area (Å²) in [4.78, 5) is 23.9. The zero-order valence-corrected chi connectivity index (χ0v) is 19.8. The van der Waals surface area contributed by atoms with Crippen molar-refractivity contribution in [3.63, 3.8) is 0 Å². The molecule has 0 spiro atoms. The number of hydrogen-bond donors (Lipinski definition) is 1. The maximum atomic E-state index is 11.4. The van der Waals surface area contributed by atoms with Gasteiger partial charge in [-0.3, -0.25) is 4.90 Å². The van der Waals surface area contributed by atoms with Gasteiger partial charge >= 0.3 is 12.1 Å². The Morgan fingerprint density at radius 2 is 2.03 bits per heavy atom. The predicted octanol–water partition coefficient (Wildman–Crippen LogP) is 4.52. The standard InChI is InChI=1S/C25H28N6O4/c1-3-22-27-24(35-28-22)29-12-10-19(11-13-29)34-20-6-8-23(26-16-20)31-14-9-17-15-18(5-7-21(17)31)30(4-2)25(32)33/h5-9,14-16,19H,3-4,10-13H2,1-2H3,(H,32,33). The van der Waals surface area contributed by atoms with Crippen LogP contribution >= 0.6 is 0 Å². The first-order chi connectivity index (χ1) is 17.1. The van der Waals surface area contributed by atoms with Gasteiger partial charge in [0.25, 0.3) is 0 Å². The third-order valence-electron chi connectivity index (χ3n) is 6.29. The van der Waals surface area contributed by atoms with Gasteiger partial charge in [-0.05, 0) is 43.3 Å². The molecule has 10 nitrogen and oxygen atoms in total. The Kier molecular flexibility index (Phi) is 6.26.